The molecule has 0 unspecified atom stereocenters. The zero-order chi connectivity index (χ0) is 15.4. The zero-order valence-corrected chi connectivity index (χ0v) is 12.7. The molecular formula is C16H21N5. The van der Waals surface area contributed by atoms with Gasteiger partial charge in [0.2, 0.25) is 5.96 Å². The maximum Gasteiger partial charge on any atom is 0.220 e. The molecule has 2 aromatic carbocycles. The number of fused-ring (bicyclic) bond motifs is 1. The van der Waals surface area contributed by atoms with Crippen molar-refractivity contribution in [1.82, 2.24) is 9.80 Å². The minimum atomic E-state index is 0.136. The van der Waals surface area contributed by atoms with Gasteiger partial charge in [0.05, 0.1) is 0 Å². The van der Waals surface area contributed by atoms with Crippen molar-refractivity contribution in [2.24, 2.45) is 10.7 Å². The van der Waals surface area contributed by atoms with Gasteiger partial charge in [0, 0.05) is 27.7 Å². The number of nitrogens with zero attached hydrogens (tertiary/aromatic N) is 3. The van der Waals surface area contributed by atoms with Gasteiger partial charge in [0.25, 0.3) is 0 Å². The number of aliphatic imine (C=N–C) groups is 1. The number of nitrogens with one attached hydrogen (secondary N) is 1. The Kier molecular flexibility index (Phi) is 4.42. The van der Waals surface area contributed by atoms with E-state index in [1.54, 1.807) is 19.0 Å². The van der Waals surface area contributed by atoms with Crippen molar-refractivity contribution in [2.45, 2.75) is 6.54 Å². The van der Waals surface area contributed by atoms with Gasteiger partial charge < -0.3 is 15.5 Å². The van der Waals surface area contributed by atoms with Crippen molar-refractivity contribution >= 4 is 22.7 Å². The first kappa shape index (κ1) is 14.8. The van der Waals surface area contributed by atoms with Crippen LogP contribution in [0.3, 0.4) is 0 Å². The summed E-state index contributed by atoms with van der Waals surface area (Å²) in [5.74, 6) is 0.471. The molecule has 0 aliphatic heterocycles. The van der Waals surface area contributed by atoms with Gasteiger partial charge in [-0.15, -0.1) is 0 Å². The van der Waals surface area contributed by atoms with Gasteiger partial charge in [-0.3, -0.25) is 5.41 Å². The Morgan fingerprint density at radius 2 is 1.76 bits per heavy atom. The number of benzene rings is 2. The van der Waals surface area contributed by atoms with E-state index in [2.05, 4.69) is 29.3 Å². The van der Waals surface area contributed by atoms with Gasteiger partial charge in [-0.2, -0.15) is 4.99 Å². The van der Waals surface area contributed by atoms with Crippen LogP contribution in [0.4, 0.5) is 0 Å². The second-order valence-corrected chi connectivity index (χ2v) is 5.18. The molecule has 0 aliphatic rings. The Hall–Kier alpha value is -2.56. The van der Waals surface area contributed by atoms with E-state index in [1.807, 2.05) is 30.1 Å². The standard InChI is InChI=1S/C16H21N5/c1-20(2)15(17)19-16(18)21(3)11-13-9-6-8-12-7-4-5-10-14(12)13/h4-10H,11H2,1-3H3,(H3,17,18,19). The maximum atomic E-state index is 7.71. The van der Waals surface area contributed by atoms with Crippen LogP contribution in [0.2, 0.25) is 0 Å². The number of hydrogen-bond donors (Lipinski definition) is 2. The highest BCUT2D eigenvalue weighted by Gasteiger charge is 2.07. The Labute approximate surface area is 125 Å². The Bertz CT molecular complexity index is 670. The molecule has 0 heterocycles. The average Bonchev–Trinajstić information content (AvgIpc) is 2.47. The van der Waals surface area contributed by atoms with Gasteiger partial charge in [-0.05, 0) is 16.3 Å². The first-order chi connectivity index (χ1) is 9.99. The van der Waals surface area contributed by atoms with Gasteiger partial charge in [-0.25, -0.2) is 0 Å². The predicted molar refractivity (Wildman–Crippen MR) is 88.5 cm³/mol. The van der Waals surface area contributed by atoms with Crippen LogP contribution < -0.4 is 5.73 Å². The molecule has 0 saturated carbocycles. The Balaban J connectivity index is 2.22. The van der Waals surface area contributed by atoms with E-state index in [-0.39, 0.29) is 5.96 Å². The van der Waals surface area contributed by atoms with Gasteiger partial charge in [0.1, 0.15) is 0 Å². The van der Waals surface area contributed by atoms with E-state index in [0.29, 0.717) is 12.5 Å². The topological polar surface area (TPSA) is 68.7 Å². The van der Waals surface area contributed by atoms with E-state index in [1.165, 1.54) is 16.3 Å². The quantitative estimate of drug-likeness (QED) is 0.655. The van der Waals surface area contributed by atoms with Crippen LogP contribution in [-0.2, 0) is 6.54 Å². The molecule has 110 valence electrons. The summed E-state index contributed by atoms with van der Waals surface area (Å²) < 4.78 is 0. The average molecular weight is 283 g/mol. The number of rotatable bonds is 2. The lowest BCUT2D eigenvalue weighted by molar-refractivity contribution is 0.495. The smallest absolute Gasteiger partial charge is 0.220 e. The number of guanidine groups is 2. The largest absolute Gasteiger partial charge is 0.369 e. The highest BCUT2D eigenvalue weighted by Crippen LogP contribution is 2.19. The molecule has 5 heteroatoms. The minimum Gasteiger partial charge on any atom is -0.369 e. The van der Waals surface area contributed by atoms with E-state index in [4.69, 9.17) is 11.1 Å². The molecule has 0 aliphatic carbocycles. The summed E-state index contributed by atoms with van der Waals surface area (Å²) in [4.78, 5) is 7.54. The summed E-state index contributed by atoms with van der Waals surface area (Å²) in [5, 5.41) is 10.1. The lowest BCUT2D eigenvalue weighted by Gasteiger charge is -2.20. The molecule has 0 saturated heterocycles. The monoisotopic (exact) mass is 283 g/mol. The first-order valence-electron chi connectivity index (χ1n) is 6.77. The molecule has 0 atom stereocenters. The van der Waals surface area contributed by atoms with Crippen LogP contribution in [0.15, 0.2) is 47.5 Å². The van der Waals surface area contributed by atoms with Crippen molar-refractivity contribution in [2.75, 3.05) is 21.1 Å². The SMILES string of the molecule is CN(C)C(=N)N=C(N)N(C)Cc1cccc2ccccc12. The summed E-state index contributed by atoms with van der Waals surface area (Å²) in [6, 6.07) is 14.5. The third-order valence-corrected chi connectivity index (χ3v) is 3.32. The molecular weight excluding hydrogens is 262 g/mol. The van der Waals surface area contributed by atoms with Crippen molar-refractivity contribution in [3.63, 3.8) is 0 Å². The molecule has 3 N–H and O–H groups in total. The van der Waals surface area contributed by atoms with Crippen LogP contribution in [0.1, 0.15) is 5.56 Å². The molecule has 2 aromatic rings. The highest BCUT2D eigenvalue weighted by atomic mass is 15.3. The van der Waals surface area contributed by atoms with Gasteiger partial charge >= 0.3 is 0 Å². The van der Waals surface area contributed by atoms with E-state index in [0.717, 1.165) is 0 Å². The normalized spacial score (nSPS) is 11.5. The van der Waals surface area contributed by atoms with Gasteiger partial charge in [-0.1, -0.05) is 42.5 Å². The second kappa shape index (κ2) is 6.26. The van der Waals surface area contributed by atoms with Crippen molar-refractivity contribution in [1.29, 1.82) is 5.41 Å². The molecule has 0 aromatic heterocycles. The van der Waals surface area contributed by atoms with Crippen LogP contribution in [-0.4, -0.2) is 42.9 Å². The molecule has 21 heavy (non-hydrogen) atoms. The summed E-state index contributed by atoms with van der Waals surface area (Å²) in [7, 11) is 5.41. The fourth-order valence-corrected chi connectivity index (χ4v) is 2.06. The third-order valence-electron chi connectivity index (χ3n) is 3.32. The number of hydrogen-bond acceptors (Lipinski definition) is 1. The Morgan fingerprint density at radius 3 is 2.48 bits per heavy atom. The van der Waals surface area contributed by atoms with E-state index < -0.39 is 0 Å². The van der Waals surface area contributed by atoms with Crippen molar-refractivity contribution in [3.05, 3.63) is 48.0 Å². The van der Waals surface area contributed by atoms with Crippen molar-refractivity contribution in [3.8, 4) is 0 Å². The molecule has 0 radical (unpaired) electrons. The van der Waals surface area contributed by atoms with Crippen LogP contribution >= 0.6 is 0 Å². The van der Waals surface area contributed by atoms with Crippen LogP contribution in [0.5, 0.6) is 0 Å². The molecule has 5 nitrogen and oxygen atoms in total. The first-order valence-corrected chi connectivity index (χ1v) is 6.77. The zero-order valence-electron chi connectivity index (χ0n) is 12.7. The van der Waals surface area contributed by atoms with Crippen LogP contribution in [0, 0.1) is 5.41 Å². The Morgan fingerprint density at radius 1 is 1.10 bits per heavy atom. The third kappa shape index (κ3) is 3.51. The predicted octanol–water partition coefficient (Wildman–Crippen LogP) is 2.08. The molecule has 0 fully saturated rings. The summed E-state index contributed by atoms with van der Waals surface area (Å²) in [5.41, 5.74) is 7.14. The maximum absolute atomic E-state index is 7.71. The minimum absolute atomic E-state index is 0.136. The molecule has 0 spiro atoms. The number of nitrogens with two attached hydrogens (primary N) is 1. The summed E-state index contributed by atoms with van der Waals surface area (Å²) in [6.45, 7) is 0.650. The summed E-state index contributed by atoms with van der Waals surface area (Å²) >= 11 is 0. The lowest BCUT2D eigenvalue weighted by Crippen LogP contribution is -2.35. The van der Waals surface area contributed by atoms with Gasteiger partial charge in [0.15, 0.2) is 5.96 Å². The highest BCUT2D eigenvalue weighted by molar-refractivity contribution is 5.92. The molecule has 0 bridgehead atoms. The van der Waals surface area contributed by atoms with Crippen LogP contribution in [0.25, 0.3) is 10.8 Å². The fraction of sp³-hybridized carbons (Fsp3) is 0.250. The molecule has 2 rings (SSSR count). The van der Waals surface area contributed by atoms with E-state index in [9.17, 15) is 0 Å². The van der Waals surface area contributed by atoms with E-state index >= 15 is 0 Å². The molecule has 0 amide bonds. The fourth-order valence-electron chi connectivity index (χ4n) is 2.06. The summed E-state index contributed by atoms with van der Waals surface area (Å²) in [6.07, 6.45) is 0. The van der Waals surface area contributed by atoms with Crippen molar-refractivity contribution < 1.29 is 0 Å². The second-order valence-electron chi connectivity index (χ2n) is 5.18. The lowest BCUT2D eigenvalue weighted by atomic mass is 10.0.